The molecule has 0 saturated carbocycles. The normalized spacial score (nSPS) is 11.0. The Bertz CT molecular complexity index is 696. The lowest BCUT2D eigenvalue weighted by Crippen LogP contribution is -2.49. The molecule has 0 fully saturated rings. The zero-order valence-corrected chi connectivity index (χ0v) is 15.7. The molecule has 0 spiro atoms. The van der Waals surface area contributed by atoms with Gasteiger partial charge in [0.05, 0.1) is 23.1 Å². The lowest BCUT2D eigenvalue weighted by molar-refractivity contribution is 0.0941. The summed E-state index contributed by atoms with van der Waals surface area (Å²) in [5.74, 6) is -0.160. The van der Waals surface area contributed by atoms with E-state index < -0.39 is 0 Å². The summed E-state index contributed by atoms with van der Waals surface area (Å²) in [5, 5.41) is 7.84. The smallest absolute Gasteiger partial charge is 0.254 e. The van der Waals surface area contributed by atoms with E-state index in [2.05, 4.69) is 10.4 Å². The average Bonchev–Trinajstić information content (AvgIpc) is 2.94. The van der Waals surface area contributed by atoms with Gasteiger partial charge in [0.1, 0.15) is 0 Å². The van der Waals surface area contributed by atoms with Crippen molar-refractivity contribution >= 4 is 29.9 Å². The Balaban J connectivity index is 0.00000288. The fourth-order valence-corrected chi connectivity index (χ4v) is 2.54. The van der Waals surface area contributed by atoms with Crippen LogP contribution in [0.5, 0.6) is 0 Å². The van der Waals surface area contributed by atoms with Gasteiger partial charge in [-0.1, -0.05) is 31.5 Å². The van der Waals surface area contributed by atoms with Gasteiger partial charge in [-0.05, 0) is 38.0 Å². The molecule has 1 aromatic carbocycles. The molecule has 5 nitrogen and oxygen atoms in total. The van der Waals surface area contributed by atoms with Crippen LogP contribution in [0.25, 0.3) is 5.69 Å². The van der Waals surface area contributed by atoms with Crippen LogP contribution in [0.4, 0.5) is 0 Å². The van der Waals surface area contributed by atoms with Gasteiger partial charge >= 0.3 is 0 Å². The summed E-state index contributed by atoms with van der Waals surface area (Å²) in [5.41, 5.74) is 7.98. The minimum Gasteiger partial charge on any atom is -0.350 e. The van der Waals surface area contributed by atoms with E-state index in [0.717, 1.165) is 24.2 Å². The number of hydrogen-bond acceptors (Lipinski definition) is 3. The summed E-state index contributed by atoms with van der Waals surface area (Å²) >= 11 is 6.01. The number of halogens is 2. The first-order chi connectivity index (χ1) is 10.9. The number of benzene rings is 1. The van der Waals surface area contributed by atoms with Gasteiger partial charge in [0.15, 0.2) is 0 Å². The second kappa shape index (κ2) is 8.51. The highest BCUT2D eigenvalue weighted by molar-refractivity contribution is 6.30. The summed E-state index contributed by atoms with van der Waals surface area (Å²) in [6, 6.07) is 7.35. The van der Waals surface area contributed by atoms with Crippen LogP contribution in [0.3, 0.4) is 0 Å². The fraction of sp³-hybridized carbons (Fsp3) is 0.412. The third-order valence-corrected chi connectivity index (χ3v) is 4.55. The van der Waals surface area contributed by atoms with Crippen LogP contribution in [0.15, 0.2) is 30.5 Å². The standard InChI is InChI=1S/C17H23ClN4O.ClH/c1-4-17(19,5-2)11-20-16(23)15-10-21-22(12(15)3)14-8-6-7-13(18)9-14;/h6-10H,4-5,11,19H2,1-3H3,(H,20,23);1H. The predicted octanol–water partition coefficient (Wildman–Crippen LogP) is 3.50. The van der Waals surface area contributed by atoms with Crippen molar-refractivity contribution in [2.75, 3.05) is 6.54 Å². The van der Waals surface area contributed by atoms with Crippen molar-refractivity contribution in [3.8, 4) is 5.69 Å². The molecular weight excluding hydrogens is 347 g/mol. The first kappa shape index (κ1) is 20.5. The molecule has 24 heavy (non-hydrogen) atoms. The zero-order valence-electron chi connectivity index (χ0n) is 14.2. The third-order valence-electron chi connectivity index (χ3n) is 4.32. The molecule has 0 atom stereocenters. The van der Waals surface area contributed by atoms with Crippen molar-refractivity contribution in [2.24, 2.45) is 5.73 Å². The van der Waals surface area contributed by atoms with Crippen molar-refractivity contribution < 1.29 is 4.79 Å². The number of carbonyl (C=O) groups is 1. The van der Waals surface area contributed by atoms with Crippen LogP contribution in [0.1, 0.15) is 42.7 Å². The van der Waals surface area contributed by atoms with Crippen LogP contribution in [-0.4, -0.2) is 27.8 Å². The minimum atomic E-state index is -0.369. The highest BCUT2D eigenvalue weighted by Crippen LogP contribution is 2.18. The van der Waals surface area contributed by atoms with Gasteiger partial charge in [0, 0.05) is 17.1 Å². The zero-order chi connectivity index (χ0) is 17.0. The summed E-state index contributed by atoms with van der Waals surface area (Å²) < 4.78 is 1.70. The number of rotatable bonds is 6. The van der Waals surface area contributed by atoms with E-state index >= 15 is 0 Å². The Morgan fingerprint density at radius 2 is 2.04 bits per heavy atom. The largest absolute Gasteiger partial charge is 0.350 e. The minimum absolute atomic E-state index is 0. The van der Waals surface area contributed by atoms with E-state index in [1.807, 2.05) is 39.0 Å². The number of nitrogens with zero attached hydrogens (tertiary/aromatic N) is 2. The van der Waals surface area contributed by atoms with E-state index in [0.29, 0.717) is 17.1 Å². The monoisotopic (exact) mass is 370 g/mol. The van der Waals surface area contributed by atoms with Crippen molar-refractivity contribution in [2.45, 2.75) is 39.2 Å². The lowest BCUT2D eigenvalue weighted by atomic mass is 9.94. The molecule has 0 radical (unpaired) electrons. The van der Waals surface area contributed by atoms with E-state index in [4.69, 9.17) is 17.3 Å². The highest BCUT2D eigenvalue weighted by atomic mass is 35.5. The lowest BCUT2D eigenvalue weighted by Gasteiger charge is -2.26. The summed E-state index contributed by atoms with van der Waals surface area (Å²) in [7, 11) is 0. The Hall–Kier alpha value is -1.56. The first-order valence-corrected chi connectivity index (χ1v) is 8.15. The van der Waals surface area contributed by atoms with E-state index in [-0.39, 0.29) is 23.9 Å². The molecular formula is C17H24Cl2N4O. The Kier molecular flexibility index (Phi) is 7.27. The first-order valence-electron chi connectivity index (χ1n) is 7.78. The molecule has 7 heteroatoms. The third kappa shape index (κ3) is 4.50. The second-order valence-electron chi connectivity index (χ2n) is 5.79. The molecule has 1 aromatic heterocycles. The van der Waals surface area contributed by atoms with Crippen LogP contribution in [0, 0.1) is 6.92 Å². The van der Waals surface area contributed by atoms with E-state index in [1.165, 1.54) is 0 Å². The van der Waals surface area contributed by atoms with Gasteiger partial charge in [-0.15, -0.1) is 12.4 Å². The number of nitrogens with one attached hydrogen (secondary N) is 1. The Morgan fingerprint density at radius 1 is 1.38 bits per heavy atom. The summed E-state index contributed by atoms with van der Waals surface area (Å²) in [4.78, 5) is 12.4. The van der Waals surface area contributed by atoms with Gasteiger partial charge < -0.3 is 11.1 Å². The van der Waals surface area contributed by atoms with Crippen LogP contribution in [0.2, 0.25) is 5.02 Å². The van der Waals surface area contributed by atoms with Gasteiger partial charge in [0.25, 0.3) is 5.91 Å². The van der Waals surface area contributed by atoms with Crippen LogP contribution >= 0.6 is 24.0 Å². The molecule has 1 heterocycles. The molecule has 0 saturated heterocycles. The van der Waals surface area contributed by atoms with Crippen molar-refractivity contribution in [3.63, 3.8) is 0 Å². The predicted molar refractivity (Wildman–Crippen MR) is 100 cm³/mol. The highest BCUT2D eigenvalue weighted by Gasteiger charge is 2.22. The van der Waals surface area contributed by atoms with Crippen molar-refractivity contribution in [1.29, 1.82) is 0 Å². The van der Waals surface area contributed by atoms with Gasteiger partial charge in [-0.2, -0.15) is 5.10 Å². The molecule has 0 unspecified atom stereocenters. The number of aromatic nitrogens is 2. The second-order valence-corrected chi connectivity index (χ2v) is 6.22. The average molecular weight is 371 g/mol. The topological polar surface area (TPSA) is 72.9 Å². The maximum Gasteiger partial charge on any atom is 0.254 e. The van der Waals surface area contributed by atoms with Crippen LogP contribution in [-0.2, 0) is 0 Å². The molecule has 0 aliphatic carbocycles. The summed E-state index contributed by atoms with van der Waals surface area (Å²) in [6.45, 7) is 6.36. The Morgan fingerprint density at radius 3 is 2.62 bits per heavy atom. The molecule has 2 rings (SSSR count). The maximum atomic E-state index is 12.4. The van der Waals surface area contributed by atoms with E-state index in [1.54, 1.807) is 16.9 Å². The molecule has 132 valence electrons. The van der Waals surface area contributed by atoms with Crippen molar-refractivity contribution in [1.82, 2.24) is 15.1 Å². The molecule has 0 bridgehead atoms. The molecule has 0 aliphatic heterocycles. The maximum absolute atomic E-state index is 12.4. The fourth-order valence-electron chi connectivity index (χ4n) is 2.35. The van der Waals surface area contributed by atoms with Crippen LogP contribution < -0.4 is 11.1 Å². The summed E-state index contributed by atoms with van der Waals surface area (Å²) in [6.07, 6.45) is 3.19. The molecule has 2 aromatic rings. The number of carbonyl (C=O) groups excluding carboxylic acids is 1. The van der Waals surface area contributed by atoms with Gasteiger partial charge in [-0.3, -0.25) is 4.79 Å². The number of amides is 1. The number of nitrogens with two attached hydrogens (primary N) is 1. The van der Waals surface area contributed by atoms with E-state index in [9.17, 15) is 4.79 Å². The molecule has 3 N–H and O–H groups in total. The Labute approximate surface area is 154 Å². The number of hydrogen-bond donors (Lipinski definition) is 2. The molecule has 0 aliphatic rings. The SMILES string of the molecule is CCC(N)(CC)CNC(=O)c1cnn(-c2cccc(Cl)c2)c1C.Cl. The quantitative estimate of drug-likeness (QED) is 0.816. The van der Waals surface area contributed by atoms with Gasteiger partial charge in [-0.25, -0.2) is 4.68 Å². The van der Waals surface area contributed by atoms with Crippen molar-refractivity contribution in [3.05, 3.63) is 46.7 Å². The molecule has 1 amide bonds. The van der Waals surface area contributed by atoms with Gasteiger partial charge in [0.2, 0.25) is 0 Å².